The van der Waals surface area contributed by atoms with Crippen LogP contribution in [0.1, 0.15) is 37.1 Å². The average Bonchev–Trinajstić information content (AvgIpc) is 2.61. The lowest BCUT2D eigenvalue weighted by atomic mass is 9.94. The summed E-state index contributed by atoms with van der Waals surface area (Å²) in [6.07, 6.45) is -3.50. The molecule has 0 aliphatic carbocycles. The van der Waals surface area contributed by atoms with Gasteiger partial charge >= 0.3 is 6.18 Å². The van der Waals surface area contributed by atoms with Gasteiger partial charge in [0.1, 0.15) is 6.10 Å². The topological polar surface area (TPSA) is 56.3 Å². The number of pyridine rings is 1. The van der Waals surface area contributed by atoms with Gasteiger partial charge < -0.3 is 4.74 Å². The van der Waals surface area contributed by atoms with Crippen molar-refractivity contribution >= 4 is 21.4 Å². The number of hydrogen-bond acceptors (Lipinski definition) is 4. The maximum Gasteiger partial charge on any atom is 0.416 e. The Kier molecular flexibility index (Phi) is 5.26. The van der Waals surface area contributed by atoms with Crippen LogP contribution < -0.4 is 0 Å². The van der Waals surface area contributed by atoms with E-state index >= 15 is 0 Å². The molecule has 2 aromatic rings. The molecule has 0 N–H and O–H groups in total. The van der Waals surface area contributed by atoms with Gasteiger partial charge in [-0.2, -0.15) is 13.2 Å². The van der Waals surface area contributed by atoms with Crippen molar-refractivity contribution in [1.82, 2.24) is 4.98 Å². The van der Waals surface area contributed by atoms with Crippen molar-refractivity contribution in [3.8, 4) is 0 Å². The molecule has 0 bridgehead atoms. The fraction of sp³-hybridized carbons (Fsp3) is 0.389. The summed E-state index contributed by atoms with van der Waals surface area (Å²) in [5, 5.41) is 0.439. The fourth-order valence-electron chi connectivity index (χ4n) is 3.11. The molecule has 2 unspecified atom stereocenters. The molecule has 0 saturated carbocycles. The Balaban J connectivity index is 1.94. The SMILES string of the molecule is CC1(S(=O)(=O)c2cccc(C(F)(F)F)c2)CCOC(c2ccc(Cl)cn2)C1. The van der Waals surface area contributed by atoms with Crippen LogP contribution in [-0.4, -0.2) is 24.8 Å². The second kappa shape index (κ2) is 7.07. The van der Waals surface area contributed by atoms with E-state index in [0.717, 1.165) is 12.1 Å². The smallest absolute Gasteiger partial charge is 0.372 e. The molecule has 1 aliphatic heterocycles. The van der Waals surface area contributed by atoms with E-state index in [0.29, 0.717) is 16.8 Å². The summed E-state index contributed by atoms with van der Waals surface area (Å²) in [6, 6.07) is 7.12. The van der Waals surface area contributed by atoms with Gasteiger partial charge in [-0.15, -0.1) is 0 Å². The highest BCUT2D eigenvalue weighted by Gasteiger charge is 2.46. The van der Waals surface area contributed by atoms with Crippen LogP contribution in [-0.2, 0) is 20.8 Å². The molecule has 1 saturated heterocycles. The number of sulfone groups is 1. The van der Waals surface area contributed by atoms with Crippen LogP contribution >= 0.6 is 11.6 Å². The quantitative estimate of drug-likeness (QED) is 0.714. The van der Waals surface area contributed by atoms with E-state index < -0.39 is 32.4 Å². The zero-order chi connectivity index (χ0) is 19.9. The summed E-state index contributed by atoms with van der Waals surface area (Å²) in [5.74, 6) is 0. The second-order valence-corrected chi connectivity index (χ2v) is 9.59. The molecule has 9 heteroatoms. The number of alkyl halides is 3. The fourth-order valence-corrected chi connectivity index (χ4v) is 5.05. The molecule has 146 valence electrons. The van der Waals surface area contributed by atoms with Crippen molar-refractivity contribution in [1.29, 1.82) is 0 Å². The minimum atomic E-state index is -4.61. The molecule has 1 aliphatic rings. The highest BCUT2D eigenvalue weighted by molar-refractivity contribution is 7.92. The largest absolute Gasteiger partial charge is 0.416 e. The summed E-state index contributed by atoms with van der Waals surface area (Å²) in [7, 11) is -4.03. The Morgan fingerprint density at radius 1 is 1.26 bits per heavy atom. The Morgan fingerprint density at radius 3 is 2.63 bits per heavy atom. The van der Waals surface area contributed by atoms with Gasteiger partial charge in [-0.3, -0.25) is 4.98 Å². The predicted octanol–water partition coefficient (Wildman–Crippen LogP) is 4.84. The molecule has 1 aromatic carbocycles. The number of ether oxygens (including phenoxy) is 1. The molecule has 0 radical (unpaired) electrons. The number of nitrogens with zero attached hydrogens (tertiary/aromatic N) is 1. The van der Waals surface area contributed by atoms with E-state index in [2.05, 4.69) is 4.98 Å². The van der Waals surface area contributed by atoms with Gasteiger partial charge in [0, 0.05) is 12.8 Å². The van der Waals surface area contributed by atoms with Gasteiger partial charge in [-0.1, -0.05) is 17.7 Å². The maximum absolute atomic E-state index is 13.2. The third-order valence-corrected chi connectivity index (χ3v) is 7.53. The number of halogens is 4. The van der Waals surface area contributed by atoms with Crippen molar-refractivity contribution in [3.05, 3.63) is 58.9 Å². The van der Waals surface area contributed by atoms with E-state index in [1.807, 2.05) is 0 Å². The highest BCUT2D eigenvalue weighted by atomic mass is 35.5. The zero-order valence-electron chi connectivity index (χ0n) is 14.3. The zero-order valence-corrected chi connectivity index (χ0v) is 15.9. The van der Waals surface area contributed by atoms with E-state index in [1.54, 1.807) is 12.1 Å². The van der Waals surface area contributed by atoms with Crippen LogP contribution in [0.25, 0.3) is 0 Å². The van der Waals surface area contributed by atoms with Gasteiger partial charge in [0.15, 0.2) is 9.84 Å². The van der Waals surface area contributed by atoms with Crippen LogP contribution in [0.3, 0.4) is 0 Å². The Labute approximate surface area is 160 Å². The molecule has 3 rings (SSSR count). The molecule has 27 heavy (non-hydrogen) atoms. The van der Waals surface area contributed by atoms with Crippen molar-refractivity contribution in [2.24, 2.45) is 0 Å². The summed E-state index contributed by atoms with van der Waals surface area (Å²) < 4.78 is 69.6. The van der Waals surface area contributed by atoms with Gasteiger partial charge in [0.2, 0.25) is 0 Å². The third-order valence-electron chi connectivity index (χ3n) is 4.77. The molecule has 4 nitrogen and oxygen atoms in total. The van der Waals surface area contributed by atoms with Crippen molar-refractivity contribution in [2.75, 3.05) is 6.61 Å². The van der Waals surface area contributed by atoms with Crippen molar-refractivity contribution in [2.45, 2.75) is 41.7 Å². The minimum Gasteiger partial charge on any atom is -0.372 e. The lowest BCUT2D eigenvalue weighted by Gasteiger charge is -2.37. The summed E-state index contributed by atoms with van der Waals surface area (Å²) in [6.45, 7) is 1.69. The van der Waals surface area contributed by atoms with E-state index in [4.69, 9.17) is 16.3 Å². The summed E-state index contributed by atoms with van der Waals surface area (Å²) >= 11 is 5.82. The molecular formula is C18H17ClF3NO3S. The van der Waals surface area contributed by atoms with Crippen LogP contribution in [0.2, 0.25) is 5.02 Å². The number of rotatable bonds is 3. The Hall–Kier alpha value is -1.64. The predicted molar refractivity (Wildman–Crippen MR) is 94.2 cm³/mol. The molecule has 0 amide bonds. The normalized spacial score (nSPS) is 24.0. The first-order valence-electron chi connectivity index (χ1n) is 8.18. The summed E-state index contributed by atoms with van der Waals surface area (Å²) in [4.78, 5) is 3.83. The number of aromatic nitrogens is 1. The molecule has 0 spiro atoms. The summed E-state index contributed by atoms with van der Waals surface area (Å²) in [5.41, 5.74) is -0.459. The third kappa shape index (κ3) is 3.97. The maximum atomic E-state index is 13.2. The molecule has 1 fully saturated rings. The lowest BCUT2D eigenvalue weighted by Crippen LogP contribution is -2.42. The van der Waals surface area contributed by atoms with Gasteiger partial charge in [-0.25, -0.2) is 8.42 Å². The average molecular weight is 420 g/mol. The molecular weight excluding hydrogens is 403 g/mol. The van der Waals surface area contributed by atoms with Gasteiger partial charge in [-0.05, 0) is 50.1 Å². The lowest BCUT2D eigenvalue weighted by molar-refractivity contribution is -0.137. The van der Waals surface area contributed by atoms with Crippen LogP contribution in [0.5, 0.6) is 0 Å². The second-order valence-electron chi connectivity index (χ2n) is 6.69. The Bertz CT molecular complexity index is 932. The van der Waals surface area contributed by atoms with Crippen molar-refractivity contribution < 1.29 is 26.3 Å². The van der Waals surface area contributed by atoms with Gasteiger partial charge in [0.25, 0.3) is 0 Å². The minimum absolute atomic E-state index is 0.0835. The molecule has 2 heterocycles. The van der Waals surface area contributed by atoms with Crippen molar-refractivity contribution in [3.63, 3.8) is 0 Å². The Morgan fingerprint density at radius 2 is 2.00 bits per heavy atom. The molecule has 2 atom stereocenters. The van der Waals surface area contributed by atoms with Crippen LogP contribution in [0.4, 0.5) is 13.2 Å². The van der Waals surface area contributed by atoms with E-state index in [1.165, 1.54) is 19.2 Å². The number of hydrogen-bond donors (Lipinski definition) is 0. The first-order chi connectivity index (χ1) is 12.5. The van der Waals surface area contributed by atoms with Crippen LogP contribution in [0.15, 0.2) is 47.5 Å². The van der Waals surface area contributed by atoms with E-state index in [-0.39, 0.29) is 24.3 Å². The molecule has 1 aromatic heterocycles. The number of benzene rings is 1. The van der Waals surface area contributed by atoms with E-state index in [9.17, 15) is 21.6 Å². The van der Waals surface area contributed by atoms with Gasteiger partial charge in [0.05, 0.1) is 25.9 Å². The van der Waals surface area contributed by atoms with Crippen LogP contribution in [0, 0.1) is 0 Å². The standard InChI is InChI=1S/C18H17ClF3NO3S/c1-17(7-8-26-16(10-17)15-6-5-13(19)11-23-15)27(24,25)14-4-2-3-12(9-14)18(20,21)22/h2-6,9,11,16H,7-8,10H2,1H3. The highest BCUT2D eigenvalue weighted by Crippen LogP contribution is 2.42. The first kappa shape index (κ1) is 20.1. The monoisotopic (exact) mass is 419 g/mol. The first-order valence-corrected chi connectivity index (χ1v) is 10.0.